The van der Waals surface area contributed by atoms with Crippen molar-refractivity contribution in [3.63, 3.8) is 0 Å². The number of ether oxygens (including phenoxy) is 1. The van der Waals surface area contributed by atoms with Gasteiger partial charge < -0.3 is 14.6 Å². The summed E-state index contributed by atoms with van der Waals surface area (Å²) in [7, 11) is 1.86. The Morgan fingerprint density at radius 2 is 1.96 bits per heavy atom. The molecule has 0 atom stereocenters. The molecule has 0 aliphatic heterocycles. The van der Waals surface area contributed by atoms with Gasteiger partial charge >= 0.3 is 0 Å². The predicted molar refractivity (Wildman–Crippen MR) is 100 cm³/mol. The molecule has 0 amide bonds. The number of sulfone groups is 1. The van der Waals surface area contributed by atoms with E-state index in [1.807, 2.05) is 19.0 Å². The number of aromatic amines is 1. The Kier molecular flexibility index (Phi) is 4.57. The summed E-state index contributed by atoms with van der Waals surface area (Å²) in [6, 6.07) is 1.62. The van der Waals surface area contributed by atoms with Gasteiger partial charge in [0, 0.05) is 31.4 Å². The molecule has 0 aliphatic carbocycles. The van der Waals surface area contributed by atoms with Crippen molar-refractivity contribution in [2.24, 2.45) is 0 Å². The number of aryl methyl sites for hydroxylation is 1. The van der Waals surface area contributed by atoms with Gasteiger partial charge in [-0.3, -0.25) is 0 Å². The highest BCUT2D eigenvalue weighted by Crippen LogP contribution is 2.38. The highest BCUT2D eigenvalue weighted by Gasteiger charge is 2.23. The molecule has 0 spiro atoms. The summed E-state index contributed by atoms with van der Waals surface area (Å²) in [4.78, 5) is 18.2. The molecule has 0 unspecified atom stereocenters. The van der Waals surface area contributed by atoms with Gasteiger partial charge in [-0.15, -0.1) is 0 Å². The van der Waals surface area contributed by atoms with Crippen LogP contribution < -0.4 is 9.64 Å². The first kappa shape index (κ1) is 18.1. The molecule has 0 saturated heterocycles. The van der Waals surface area contributed by atoms with Gasteiger partial charge in [-0.05, 0) is 13.0 Å². The van der Waals surface area contributed by atoms with E-state index in [4.69, 9.17) is 4.74 Å². The lowest BCUT2D eigenvalue weighted by Gasteiger charge is -2.15. The maximum atomic E-state index is 12.5. The van der Waals surface area contributed by atoms with E-state index in [1.54, 1.807) is 26.1 Å². The zero-order valence-corrected chi connectivity index (χ0v) is 16.2. The lowest BCUT2D eigenvalue weighted by atomic mass is 10.1. The lowest BCUT2D eigenvalue weighted by molar-refractivity contribution is 0.398. The number of H-pyrrole nitrogens is 1. The number of aromatic nitrogens is 4. The normalized spacial score (nSPS) is 11.7. The molecule has 8 nitrogen and oxygen atoms in total. The summed E-state index contributed by atoms with van der Waals surface area (Å²) in [5.74, 6) is 1.07. The van der Waals surface area contributed by atoms with Crippen LogP contribution in [0.15, 0.2) is 23.5 Å². The third kappa shape index (κ3) is 2.88. The Hall–Kier alpha value is -2.68. The molecule has 3 heterocycles. The van der Waals surface area contributed by atoms with Crippen LogP contribution in [0, 0.1) is 6.92 Å². The Labute approximate surface area is 152 Å². The molecule has 3 aromatic rings. The molecule has 0 aliphatic rings. The Morgan fingerprint density at radius 3 is 2.58 bits per heavy atom. The van der Waals surface area contributed by atoms with Crippen molar-refractivity contribution in [2.75, 3.05) is 31.9 Å². The minimum atomic E-state index is -3.42. The van der Waals surface area contributed by atoms with E-state index in [0.29, 0.717) is 28.6 Å². The van der Waals surface area contributed by atoms with Crippen LogP contribution >= 0.6 is 0 Å². The first-order valence-corrected chi connectivity index (χ1v) is 9.73. The summed E-state index contributed by atoms with van der Waals surface area (Å²) in [5.41, 5.74) is 2.38. The van der Waals surface area contributed by atoms with Crippen molar-refractivity contribution in [3.8, 4) is 17.0 Å². The van der Waals surface area contributed by atoms with Crippen molar-refractivity contribution in [3.05, 3.63) is 24.3 Å². The van der Waals surface area contributed by atoms with E-state index in [2.05, 4.69) is 19.9 Å². The fourth-order valence-electron chi connectivity index (χ4n) is 2.88. The summed E-state index contributed by atoms with van der Waals surface area (Å²) in [6.07, 6.45) is 3.25. The fourth-order valence-corrected chi connectivity index (χ4v) is 3.99. The zero-order valence-electron chi connectivity index (χ0n) is 15.4. The largest absolute Gasteiger partial charge is 0.481 e. The molecule has 0 aromatic carbocycles. The van der Waals surface area contributed by atoms with Gasteiger partial charge in [-0.1, -0.05) is 6.92 Å². The zero-order chi connectivity index (χ0) is 19.1. The Morgan fingerprint density at radius 1 is 1.23 bits per heavy atom. The van der Waals surface area contributed by atoms with Gasteiger partial charge in [0.05, 0.1) is 28.8 Å². The summed E-state index contributed by atoms with van der Waals surface area (Å²) >= 11 is 0. The molecule has 0 bridgehead atoms. The number of anilines is 1. The van der Waals surface area contributed by atoms with Crippen LogP contribution in [0.2, 0.25) is 0 Å². The fraction of sp³-hybridized carbons (Fsp3) is 0.353. The standard InChI is InChI=1S/C17H21N5O3S/c1-6-26(23,24)13-7-11(17(25-5)21-10(13)2)12-8-18-15-14(12)16(22(3)4)20-9-19-15/h7-9H,6H2,1-5H3,(H,18,19,20). The summed E-state index contributed by atoms with van der Waals surface area (Å²) in [5, 5.41) is 0.779. The van der Waals surface area contributed by atoms with E-state index < -0.39 is 9.84 Å². The van der Waals surface area contributed by atoms with Crippen LogP contribution in [0.1, 0.15) is 12.6 Å². The van der Waals surface area contributed by atoms with Crippen LogP contribution in [-0.2, 0) is 9.84 Å². The highest BCUT2D eigenvalue weighted by molar-refractivity contribution is 7.91. The quantitative estimate of drug-likeness (QED) is 0.729. The first-order chi connectivity index (χ1) is 12.3. The number of methoxy groups -OCH3 is 1. The first-order valence-electron chi connectivity index (χ1n) is 8.08. The van der Waals surface area contributed by atoms with Crippen LogP contribution in [-0.4, -0.2) is 55.3 Å². The van der Waals surface area contributed by atoms with E-state index in [1.165, 1.54) is 13.4 Å². The maximum absolute atomic E-state index is 12.5. The van der Waals surface area contributed by atoms with Gasteiger partial charge in [0.15, 0.2) is 9.84 Å². The molecule has 3 aromatic heterocycles. The minimum Gasteiger partial charge on any atom is -0.481 e. The lowest BCUT2D eigenvalue weighted by Crippen LogP contribution is -2.11. The molecular weight excluding hydrogens is 354 g/mol. The molecule has 0 radical (unpaired) electrons. The van der Waals surface area contributed by atoms with Gasteiger partial charge in [0.1, 0.15) is 17.8 Å². The maximum Gasteiger partial charge on any atom is 0.221 e. The number of fused-ring (bicyclic) bond motifs is 1. The van der Waals surface area contributed by atoms with Crippen molar-refractivity contribution in [1.82, 2.24) is 19.9 Å². The molecule has 9 heteroatoms. The average Bonchev–Trinajstić information content (AvgIpc) is 3.04. The van der Waals surface area contributed by atoms with Crippen LogP contribution in [0.3, 0.4) is 0 Å². The highest BCUT2D eigenvalue weighted by atomic mass is 32.2. The van der Waals surface area contributed by atoms with Gasteiger partial charge in [-0.2, -0.15) is 0 Å². The van der Waals surface area contributed by atoms with E-state index in [9.17, 15) is 8.42 Å². The van der Waals surface area contributed by atoms with Crippen LogP contribution in [0.25, 0.3) is 22.2 Å². The second-order valence-electron chi connectivity index (χ2n) is 6.05. The van der Waals surface area contributed by atoms with Crippen molar-refractivity contribution in [1.29, 1.82) is 0 Å². The number of hydrogen-bond acceptors (Lipinski definition) is 7. The van der Waals surface area contributed by atoms with Crippen LogP contribution in [0.4, 0.5) is 5.82 Å². The third-order valence-corrected chi connectivity index (χ3v) is 6.05. The SMILES string of the molecule is CCS(=O)(=O)c1cc(-c2c[nH]c3ncnc(N(C)C)c23)c(OC)nc1C. The summed E-state index contributed by atoms with van der Waals surface area (Å²) in [6.45, 7) is 3.28. The Bertz CT molecular complexity index is 1070. The second-order valence-corrected chi connectivity index (χ2v) is 8.30. The van der Waals surface area contributed by atoms with E-state index in [-0.39, 0.29) is 10.6 Å². The minimum absolute atomic E-state index is 0.00122. The predicted octanol–water partition coefficient (Wildman–Crippen LogP) is 2.20. The molecule has 0 saturated carbocycles. The van der Waals surface area contributed by atoms with Crippen molar-refractivity contribution in [2.45, 2.75) is 18.7 Å². The molecule has 0 fully saturated rings. The number of nitrogens with one attached hydrogen (secondary N) is 1. The van der Waals surface area contributed by atoms with Gasteiger partial charge in [-0.25, -0.2) is 23.4 Å². The molecular formula is C17H21N5O3S. The third-order valence-electron chi connectivity index (χ3n) is 4.20. The van der Waals surface area contributed by atoms with Crippen molar-refractivity contribution < 1.29 is 13.2 Å². The van der Waals surface area contributed by atoms with Gasteiger partial charge in [0.2, 0.25) is 5.88 Å². The summed E-state index contributed by atoms with van der Waals surface area (Å²) < 4.78 is 30.3. The number of rotatable bonds is 5. The molecule has 26 heavy (non-hydrogen) atoms. The topological polar surface area (TPSA) is 101 Å². The number of hydrogen-bond donors (Lipinski definition) is 1. The monoisotopic (exact) mass is 375 g/mol. The smallest absolute Gasteiger partial charge is 0.221 e. The Balaban J connectivity index is 2.37. The number of pyridine rings is 1. The second kappa shape index (κ2) is 6.56. The molecule has 138 valence electrons. The van der Waals surface area contributed by atoms with Crippen molar-refractivity contribution >= 4 is 26.7 Å². The van der Waals surface area contributed by atoms with Crippen LogP contribution in [0.5, 0.6) is 5.88 Å². The molecule has 3 rings (SSSR count). The average molecular weight is 375 g/mol. The van der Waals surface area contributed by atoms with Gasteiger partial charge in [0.25, 0.3) is 0 Å². The number of nitrogens with zero attached hydrogens (tertiary/aromatic N) is 4. The van der Waals surface area contributed by atoms with E-state index in [0.717, 1.165) is 10.9 Å². The molecule has 1 N–H and O–H groups in total. The van der Waals surface area contributed by atoms with E-state index >= 15 is 0 Å².